The predicted molar refractivity (Wildman–Crippen MR) is 103 cm³/mol. The van der Waals surface area contributed by atoms with Crippen molar-refractivity contribution in [3.05, 3.63) is 76.5 Å². The van der Waals surface area contributed by atoms with E-state index < -0.39 is 0 Å². The number of amides is 1. The molecule has 2 aromatic heterocycles. The summed E-state index contributed by atoms with van der Waals surface area (Å²) in [5, 5.41) is 4.14. The molecular weight excluding hydrogens is 340 g/mol. The predicted octanol–water partition coefficient (Wildman–Crippen LogP) is 2.22. The third-order valence-corrected chi connectivity index (χ3v) is 5.16. The van der Waals surface area contributed by atoms with Gasteiger partial charge in [-0.2, -0.15) is 5.10 Å². The fourth-order valence-electron chi connectivity index (χ4n) is 3.67. The van der Waals surface area contributed by atoms with Gasteiger partial charge in [0.2, 0.25) is 5.91 Å². The summed E-state index contributed by atoms with van der Waals surface area (Å²) < 4.78 is 3.51. The van der Waals surface area contributed by atoms with Crippen LogP contribution in [0.3, 0.4) is 0 Å². The van der Waals surface area contributed by atoms with E-state index >= 15 is 0 Å². The number of rotatable bonds is 4. The van der Waals surface area contributed by atoms with Crippen molar-refractivity contribution in [3.8, 4) is 11.1 Å². The van der Waals surface area contributed by atoms with Gasteiger partial charge in [-0.15, -0.1) is 0 Å². The Labute approximate surface area is 157 Å². The minimum atomic E-state index is 0.0124. The van der Waals surface area contributed by atoms with Crippen LogP contribution in [0.5, 0.6) is 0 Å². The van der Waals surface area contributed by atoms with Crippen molar-refractivity contribution < 1.29 is 4.79 Å². The van der Waals surface area contributed by atoms with Gasteiger partial charge in [0.25, 0.3) is 5.56 Å². The smallest absolute Gasteiger partial charge is 0.258 e. The van der Waals surface area contributed by atoms with Crippen LogP contribution in [0.15, 0.2) is 59.7 Å². The van der Waals surface area contributed by atoms with Gasteiger partial charge in [-0.1, -0.05) is 30.3 Å². The maximum absolute atomic E-state index is 12.8. The van der Waals surface area contributed by atoms with Gasteiger partial charge >= 0.3 is 0 Å². The molecule has 6 heteroatoms. The minimum Gasteiger partial charge on any atom is -0.338 e. The van der Waals surface area contributed by atoms with E-state index in [0.29, 0.717) is 38.0 Å². The molecule has 3 aromatic rings. The molecule has 6 nitrogen and oxygen atoms in total. The zero-order chi connectivity index (χ0) is 18.8. The van der Waals surface area contributed by atoms with Crippen molar-refractivity contribution in [3.63, 3.8) is 0 Å². The molecule has 1 amide bonds. The van der Waals surface area contributed by atoms with Gasteiger partial charge in [-0.25, -0.2) is 0 Å². The number of pyridine rings is 1. The normalized spacial score (nSPS) is 13.4. The molecular formula is C21H22N4O2. The fourth-order valence-corrected chi connectivity index (χ4v) is 3.67. The molecule has 0 spiro atoms. The highest BCUT2D eigenvalue weighted by Crippen LogP contribution is 2.23. The maximum atomic E-state index is 12.8. The molecule has 0 aliphatic carbocycles. The average molecular weight is 362 g/mol. The van der Waals surface area contributed by atoms with E-state index in [1.165, 1.54) is 0 Å². The topological polar surface area (TPSA) is 60.1 Å². The summed E-state index contributed by atoms with van der Waals surface area (Å²) in [7, 11) is 1.82. The molecule has 1 aliphatic rings. The lowest BCUT2D eigenvalue weighted by atomic mass is 9.99. The molecule has 1 aliphatic heterocycles. The Morgan fingerprint density at radius 3 is 2.74 bits per heavy atom. The summed E-state index contributed by atoms with van der Waals surface area (Å²) in [6.07, 6.45) is 4.70. The highest BCUT2D eigenvalue weighted by molar-refractivity contribution is 5.76. The molecule has 138 valence electrons. The number of carbonyl (C=O) groups excluding carboxylic acids is 1. The number of fused-ring (bicyclic) bond motifs is 1. The quantitative estimate of drug-likeness (QED) is 0.715. The zero-order valence-corrected chi connectivity index (χ0v) is 15.3. The van der Waals surface area contributed by atoms with Crippen molar-refractivity contribution in [2.75, 3.05) is 6.54 Å². The van der Waals surface area contributed by atoms with Crippen LogP contribution in [0.4, 0.5) is 0 Å². The van der Waals surface area contributed by atoms with Gasteiger partial charge in [-0.05, 0) is 23.3 Å². The van der Waals surface area contributed by atoms with E-state index in [-0.39, 0.29) is 11.5 Å². The minimum absolute atomic E-state index is 0.0124. The van der Waals surface area contributed by atoms with Gasteiger partial charge in [-0.3, -0.25) is 14.3 Å². The SMILES string of the molecule is Cn1c2c(cc(-c3ccccc3)c1=O)CN(C(=O)CCn1cccn1)CC2. The molecule has 1 aromatic carbocycles. The molecule has 0 unspecified atom stereocenters. The van der Waals surface area contributed by atoms with Crippen LogP contribution in [-0.4, -0.2) is 31.7 Å². The summed E-state index contributed by atoms with van der Waals surface area (Å²) in [5.41, 5.74) is 3.68. The molecule has 4 rings (SSSR count). The van der Waals surface area contributed by atoms with E-state index in [1.807, 2.05) is 60.6 Å². The van der Waals surface area contributed by atoms with Crippen LogP contribution in [0.25, 0.3) is 11.1 Å². The van der Waals surface area contributed by atoms with Crippen LogP contribution >= 0.6 is 0 Å². The first-order valence-electron chi connectivity index (χ1n) is 9.16. The van der Waals surface area contributed by atoms with Gasteiger partial charge in [0.15, 0.2) is 0 Å². The lowest BCUT2D eigenvalue weighted by Gasteiger charge is -2.30. The number of nitrogens with zero attached hydrogens (tertiary/aromatic N) is 4. The van der Waals surface area contributed by atoms with Gasteiger partial charge < -0.3 is 9.47 Å². The summed E-state index contributed by atoms with van der Waals surface area (Å²) in [5.74, 6) is 0.117. The highest BCUT2D eigenvalue weighted by Gasteiger charge is 2.24. The Balaban J connectivity index is 1.57. The molecule has 0 radical (unpaired) electrons. The molecule has 0 saturated heterocycles. The van der Waals surface area contributed by atoms with E-state index in [2.05, 4.69) is 5.10 Å². The Kier molecular flexibility index (Phi) is 4.62. The first kappa shape index (κ1) is 17.3. The van der Waals surface area contributed by atoms with Gasteiger partial charge in [0, 0.05) is 63.2 Å². The number of aromatic nitrogens is 3. The second-order valence-electron chi connectivity index (χ2n) is 6.84. The molecule has 0 bridgehead atoms. The Bertz CT molecular complexity index is 1010. The zero-order valence-electron chi connectivity index (χ0n) is 15.3. The van der Waals surface area contributed by atoms with Crippen molar-refractivity contribution in [2.45, 2.75) is 25.9 Å². The second kappa shape index (κ2) is 7.23. The summed E-state index contributed by atoms with van der Waals surface area (Å²) in [6.45, 7) is 1.77. The van der Waals surface area contributed by atoms with Crippen molar-refractivity contribution in [2.24, 2.45) is 7.05 Å². The lowest BCUT2D eigenvalue weighted by Crippen LogP contribution is -2.39. The first-order chi connectivity index (χ1) is 13.1. The van der Waals surface area contributed by atoms with Gasteiger partial charge in [0.1, 0.15) is 0 Å². The number of carbonyl (C=O) groups is 1. The largest absolute Gasteiger partial charge is 0.338 e. The maximum Gasteiger partial charge on any atom is 0.258 e. The Morgan fingerprint density at radius 2 is 2.00 bits per heavy atom. The van der Waals surface area contributed by atoms with E-state index in [1.54, 1.807) is 15.4 Å². The van der Waals surface area contributed by atoms with E-state index in [4.69, 9.17) is 0 Å². The van der Waals surface area contributed by atoms with E-state index in [0.717, 1.165) is 16.8 Å². The molecule has 0 fully saturated rings. The summed E-state index contributed by atoms with van der Waals surface area (Å²) in [6, 6.07) is 13.5. The molecule has 27 heavy (non-hydrogen) atoms. The van der Waals surface area contributed by atoms with Crippen molar-refractivity contribution in [1.29, 1.82) is 0 Å². The monoisotopic (exact) mass is 362 g/mol. The fraction of sp³-hybridized carbons (Fsp3) is 0.286. The lowest BCUT2D eigenvalue weighted by molar-refractivity contribution is -0.132. The third-order valence-electron chi connectivity index (χ3n) is 5.16. The number of hydrogen-bond donors (Lipinski definition) is 0. The Hall–Kier alpha value is -3.15. The van der Waals surface area contributed by atoms with Crippen molar-refractivity contribution >= 4 is 5.91 Å². The molecule has 0 atom stereocenters. The number of hydrogen-bond acceptors (Lipinski definition) is 3. The number of aryl methyl sites for hydroxylation is 1. The standard InChI is InChI=1S/C21H22N4O2/c1-23-19-8-12-24(20(26)9-13-25-11-5-10-22-25)15-17(19)14-18(21(23)27)16-6-3-2-4-7-16/h2-7,10-11,14H,8-9,12-13,15H2,1H3. The molecule has 0 saturated carbocycles. The van der Waals surface area contributed by atoms with Crippen LogP contribution in [0.2, 0.25) is 0 Å². The second-order valence-corrected chi connectivity index (χ2v) is 6.84. The molecule has 0 N–H and O–H groups in total. The summed E-state index contributed by atoms with van der Waals surface area (Å²) >= 11 is 0. The number of benzene rings is 1. The summed E-state index contributed by atoms with van der Waals surface area (Å²) in [4.78, 5) is 27.3. The van der Waals surface area contributed by atoms with Crippen LogP contribution < -0.4 is 5.56 Å². The van der Waals surface area contributed by atoms with Gasteiger partial charge in [0.05, 0.1) is 0 Å². The van der Waals surface area contributed by atoms with Crippen LogP contribution in [-0.2, 0) is 31.4 Å². The first-order valence-corrected chi connectivity index (χ1v) is 9.16. The highest BCUT2D eigenvalue weighted by atomic mass is 16.2. The third kappa shape index (κ3) is 3.43. The van der Waals surface area contributed by atoms with Crippen LogP contribution in [0, 0.1) is 0 Å². The van der Waals surface area contributed by atoms with Crippen molar-refractivity contribution in [1.82, 2.24) is 19.2 Å². The van der Waals surface area contributed by atoms with E-state index in [9.17, 15) is 9.59 Å². The van der Waals surface area contributed by atoms with Crippen LogP contribution in [0.1, 0.15) is 17.7 Å². The average Bonchev–Trinajstić information content (AvgIpc) is 3.23. The Morgan fingerprint density at radius 1 is 1.19 bits per heavy atom. The molecule has 3 heterocycles.